The Hall–Kier alpha value is -0.860. The number of hydrogen-bond acceptors (Lipinski definition) is 2. The average molecular weight is 288 g/mol. The summed E-state index contributed by atoms with van der Waals surface area (Å²) in [6.07, 6.45) is 5.11. The zero-order valence-corrected chi connectivity index (χ0v) is 14.0. The van der Waals surface area contributed by atoms with Crippen LogP contribution in [0.5, 0.6) is 0 Å². The summed E-state index contributed by atoms with van der Waals surface area (Å²) >= 11 is 0. The van der Waals surface area contributed by atoms with Gasteiger partial charge in [-0.15, -0.1) is 0 Å². The van der Waals surface area contributed by atoms with Crippen LogP contribution < -0.4 is 5.73 Å². The van der Waals surface area contributed by atoms with Crippen LogP contribution in [0.2, 0.25) is 0 Å². The van der Waals surface area contributed by atoms with E-state index in [2.05, 4.69) is 49.9 Å². The Morgan fingerprint density at radius 3 is 2.43 bits per heavy atom. The first-order chi connectivity index (χ1) is 10.2. The highest BCUT2D eigenvalue weighted by atomic mass is 15.2. The Balaban J connectivity index is 2.05. The molecule has 0 spiro atoms. The molecule has 2 unspecified atom stereocenters. The molecule has 0 radical (unpaired) electrons. The van der Waals surface area contributed by atoms with Crippen molar-refractivity contribution >= 4 is 0 Å². The van der Waals surface area contributed by atoms with Crippen molar-refractivity contribution in [3.05, 3.63) is 35.4 Å². The predicted octanol–water partition coefficient (Wildman–Crippen LogP) is 4.01. The van der Waals surface area contributed by atoms with Gasteiger partial charge in [-0.05, 0) is 61.7 Å². The van der Waals surface area contributed by atoms with Crippen molar-refractivity contribution < 1.29 is 0 Å². The van der Waals surface area contributed by atoms with E-state index >= 15 is 0 Å². The fourth-order valence-electron chi connectivity index (χ4n) is 3.59. The molecule has 2 heteroatoms. The first kappa shape index (κ1) is 16.5. The Morgan fingerprint density at radius 2 is 1.86 bits per heavy atom. The highest BCUT2D eigenvalue weighted by Crippen LogP contribution is 2.29. The predicted molar refractivity (Wildman–Crippen MR) is 91.4 cm³/mol. The topological polar surface area (TPSA) is 29.3 Å². The first-order valence-corrected chi connectivity index (χ1v) is 8.68. The molecule has 1 aromatic rings. The van der Waals surface area contributed by atoms with Gasteiger partial charge in [0.1, 0.15) is 0 Å². The molecule has 0 aliphatic carbocycles. The van der Waals surface area contributed by atoms with Gasteiger partial charge in [0.25, 0.3) is 0 Å². The van der Waals surface area contributed by atoms with Gasteiger partial charge in [0.2, 0.25) is 0 Å². The van der Waals surface area contributed by atoms with Crippen molar-refractivity contribution in [1.82, 2.24) is 4.90 Å². The summed E-state index contributed by atoms with van der Waals surface area (Å²) in [5, 5.41) is 0. The van der Waals surface area contributed by atoms with E-state index < -0.39 is 0 Å². The molecule has 118 valence electrons. The number of benzene rings is 1. The molecule has 21 heavy (non-hydrogen) atoms. The Labute approximate surface area is 130 Å². The summed E-state index contributed by atoms with van der Waals surface area (Å²) in [6.45, 7) is 10.0. The lowest BCUT2D eigenvalue weighted by molar-refractivity contribution is 0.204. The molecule has 1 saturated heterocycles. The summed E-state index contributed by atoms with van der Waals surface area (Å²) < 4.78 is 0. The van der Waals surface area contributed by atoms with Gasteiger partial charge in [-0.3, -0.25) is 4.90 Å². The maximum atomic E-state index is 6.11. The number of aryl methyl sites for hydroxylation is 1. The van der Waals surface area contributed by atoms with E-state index in [9.17, 15) is 0 Å². The lowest BCUT2D eigenvalue weighted by Gasteiger charge is -2.30. The summed E-state index contributed by atoms with van der Waals surface area (Å²) in [5.41, 5.74) is 8.90. The Morgan fingerprint density at radius 1 is 1.14 bits per heavy atom. The molecule has 1 aliphatic rings. The van der Waals surface area contributed by atoms with Gasteiger partial charge in [0.15, 0.2) is 0 Å². The van der Waals surface area contributed by atoms with Crippen LogP contribution in [0, 0.1) is 11.8 Å². The van der Waals surface area contributed by atoms with Gasteiger partial charge in [0, 0.05) is 12.6 Å². The van der Waals surface area contributed by atoms with Crippen LogP contribution in [0.15, 0.2) is 24.3 Å². The highest BCUT2D eigenvalue weighted by Gasteiger charge is 2.24. The molecule has 0 aromatic heterocycles. The number of likely N-dealkylation sites (tertiary alicyclic amines) is 1. The molecule has 1 heterocycles. The monoisotopic (exact) mass is 288 g/mol. The van der Waals surface area contributed by atoms with Crippen LogP contribution in [0.1, 0.15) is 57.2 Å². The second-order valence-electron chi connectivity index (χ2n) is 6.82. The molecular formula is C19H32N2. The number of rotatable bonds is 5. The van der Waals surface area contributed by atoms with Crippen molar-refractivity contribution in [3.63, 3.8) is 0 Å². The number of nitrogens with two attached hydrogens (primary N) is 1. The van der Waals surface area contributed by atoms with Crippen LogP contribution in [0.3, 0.4) is 0 Å². The maximum absolute atomic E-state index is 6.11. The minimum atomic E-state index is 0.391. The molecule has 1 fully saturated rings. The smallest absolute Gasteiger partial charge is 0.0470 e. The third kappa shape index (κ3) is 4.31. The molecule has 1 aliphatic heterocycles. The third-order valence-corrected chi connectivity index (χ3v) is 5.19. The van der Waals surface area contributed by atoms with E-state index in [0.29, 0.717) is 6.04 Å². The first-order valence-electron chi connectivity index (χ1n) is 8.68. The fraction of sp³-hybridized carbons (Fsp3) is 0.684. The second-order valence-corrected chi connectivity index (χ2v) is 6.82. The van der Waals surface area contributed by atoms with E-state index in [0.717, 1.165) is 24.8 Å². The molecule has 2 atom stereocenters. The minimum Gasteiger partial charge on any atom is -0.329 e. The molecule has 0 saturated carbocycles. The molecule has 2 nitrogen and oxygen atoms in total. The van der Waals surface area contributed by atoms with E-state index in [1.807, 2.05) is 0 Å². The van der Waals surface area contributed by atoms with E-state index in [4.69, 9.17) is 5.73 Å². The van der Waals surface area contributed by atoms with Crippen LogP contribution in [0.25, 0.3) is 0 Å². The third-order valence-electron chi connectivity index (χ3n) is 5.19. The van der Waals surface area contributed by atoms with Crippen molar-refractivity contribution in [2.75, 3.05) is 19.6 Å². The molecule has 2 rings (SSSR count). The second kappa shape index (κ2) is 7.95. The van der Waals surface area contributed by atoms with Crippen molar-refractivity contribution in [2.45, 2.75) is 52.5 Å². The zero-order valence-electron chi connectivity index (χ0n) is 14.0. The lowest BCUT2D eigenvalue weighted by atomic mass is 9.89. The van der Waals surface area contributed by atoms with E-state index in [1.165, 1.54) is 43.5 Å². The van der Waals surface area contributed by atoms with Crippen LogP contribution in [0.4, 0.5) is 0 Å². The normalized spacial score (nSPS) is 22.2. The summed E-state index contributed by atoms with van der Waals surface area (Å²) in [7, 11) is 0. The average Bonchev–Trinajstić information content (AvgIpc) is 2.75. The standard InChI is InChI=1S/C19H32N2/c1-4-16-7-9-18(10-8-16)19(14-20)21-12-5-6-17(11-13-21)15(2)3/h7-10,15,17,19H,4-6,11-14,20H2,1-3H3. The van der Waals surface area contributed by atoms with Crippen molar-refractivity contribution in [2.24, 2.45) is 17.6 Å². The lowest BCUT2D eigenvalue weighted by Crippen LogP contribution is -2.34. The molecule has 1 aromatic carbocycles. The minimum absolute atomic E-state index is 0.391. The maximum Gasteiger partial charge on any atom is 0.0470 e. The fourth-order valence-corrected chi connectivity index (χ4v) is 3.59. The van der Waals surface area contributed by atoms with Crippen molar-refractivity contribution in [3.8, 4) is 0 Å². The summed E-state index contributed by atoms with van der Waals surface area (Å²) in [4.78, 5) is 2.61. The van der Waals surface area contributed by atoms with Crippen LogP contribution in [-0.4, -0.2) is 24.5 Å². The highest BCUT2D eigenvalue weighted by molar-refractivity contribution is 5.25. The molecule has 2 N–H and O–H groups in total. The van der Waals surface area contributed by atoms with Crippen LogP contribution in [-0.2, 0) is 6.42 Å². The van der Waals surface area contributed by atoms with Gasteiger partial charge in [0.05, 0.1) is 0 Å². The summed E-state index contributed by atoms with van der Waals surface area (Å²) in [6, 6.07) is 9.46. The molecule has 0 amide bonds. The van der Waals surface area contributed by atoms with Gasteiger partial charge in [-0.2, -0.15) is 0 Å². The Bertz CT molecular complexity index is 410. The largest absolute Gasteiger partial charge is 0.329 e. The van der Waals surface area contributed by atoms with Crippen LogP contribution >= 0.6 is 0 Å². The SMILES string of the molecule is CCc1ccc(C(CN)N2CCCC(C(C)C)CC2)cc1. The van der Waals surface area contributed by atoms with Crippen molar-refractivity contribution in [1.29, 1.82) is 0 Å². The van der Waals surface area contributed by atoms with Gasteiger partial charge in [-0.25, -0.2) is 0 Å². The van der Waals surface area contributed by atoms with Gasteiger partial charge < -0.3 is 5.73 Å². The molecular weight excluding hydrogens is 256 g/mol. The Kier molecular flexibility index (Phi) is 6.25. The zero-order chi connectivity index (χ0) is 15.2. The van der Waals surface area contributed by atoms with E-state index in [-0.39, 0.29) is 0 Å². The van der Waals surface area contributed by atoms with E-state index in [1.54, 1.807) is 0 Å². The quantitative estimate of drug-likeness (QED) is 0.887. The summed E-state index contributed by atoms with van der Waals surface area (Å²) in [5.74, 6) is 1.70. The number of nitrogens with zero attached hydrogens (tertiary/aromatic N) is 1. The number of hydrogen-bond donors (Lipinski definition) is 1. The molecule has 0 bridgehead atoms. The van der Waals surface area contributed by atoms with Gasteiger partial charge in [-0.1, -0.05) is 45.0 Å². The van der Waals surface area contributed by atoms with Gasteiger partial charge >= 0.3 is 0 Å².